The molecule has 10 heteroatoms. The molecule has 1 aliphatic heterocycles. The van der Waals surface area contributed by atoms with Crippen LogP contribution in [0.4, 0.5) is 21.2 Å². The second-order valence-electron chi connectivity index (χ2n) is 9.66. The van der Waals surface area contributed by atoms with Crippen LogP contribution in [-0.4, -0.2) is 45.3 Å². The van der Waals surface area contributed by atoms with Gasteiger partial charge in [-0.3, -0.25) is 9.20 Å². The predicted octanol–water partition coefficient (Wildman–Crippen LogP) is 6.03. The zero-order valence-corrected chi connectivity index (χ0v) is 23.0. The summed E-state index contributed by atoms with van der Waals surface area (Å²) in [7, 11) is 1.92. The van der Waals surface area contributed by atoms with Gasteiger partial charge in [0.05, 0.1) is 5.69 Å². The van der Waals surface area contributed by atoms with Gasteiger partial charge in [0.25, 0.3) is 0 Å². The molecule has 8 nitrogen and oxygen atoms in total. The number of nitriles is 1. The Hall–Kier alpha value is -4.62. The van der Waals surface area contributed by atoms with E-state index in [0.717, 1.165) is 34.1 Å². The number of imidazole rings is 1. The van der Waals surface area contributed by atoms with Gasteiger partial charge in [-0.2, -0.15) is 5.26 Å². The molecule has 1 aromatic carbocycles. The molecule has 0 spiro atoms. The van der Waals surface area contributed by atoms with Crippen LogP contribution in [0.25, 0.3) is 28.0 Å². The van der Waals surface area contributed by atoms with E-state index in [0.29, 0.717) is 59.4 Å². The third-order valence-corrected chi connectivity index (χ3v) is 8.20. The first-order chi connectivity index (χ1) is 19.4. The number of halogens is 1. The Morgan fingerprint density at radius 2 is 1.75 bits per heavy atom. The van der Waals surface area contributed by atoms with E-state index in [1.807, 2.05) is 46.9 Å². The fraction of sp³-hybridized carbons (Fsp3) is 0.233. The molecule has 1 fully saturated rings. The summed E-state index contributed by atoms with van der Waals surface area (Å²) in [5.74, 6) is 1.72. The van der Waals surface area contributed by atoms with E-state index >= 15 is 0 Å². The van der Waals surface area contributed by atoms with Crippen LogP contribution in [0.5, 0.6) is 0 Å². The van der Waals surface area contributed by atoms with Gasteiger partial charge in [0.15, 0.2) is 5.13 Å². The van der Waals surface area contributed by atoms with E-state index in [9.17, 15) is 14.4 Å². The number of fused-ring (bicyclic) bond motifs is 1. The van der Waals surface area contributed by atoms with Gasteiger partial charge >= 0.3 is 0 Å². The smallest absolute Gasteiger partial charge is 0.192 e. The topological polar surface area (TPSA) is 90.4 Å². The van der Waals surface area contributed by atoms with Crippen molar-refractivity contribution in [1.29, 1.82) is 5.26 Å². The van der Waals surface area contributed by atoms with Crippen molar-refractivity contribution in [3.8, 4) is 28.5 Å². The van der Waals surface area contributed by atoms with Crippen LogP contribution in [0.15, 0.2) is 60.9 Å². The van der Waals surface area contributed by atoms with Crippen LogP contribution in [0.3, 0.4) is 0 Å². The van der Waals surface area contributed by atoms with Gasteiger partial charge in [0, 0.05) is 62.1 Å². The lowest BCUT2D eigenvalue weighted by Crippen LogP contribution is -2.34. The molecule has 0 radical (unpaired) electrons. The van der Waals surface area contributed by atoms with Crippen molar-refractivity contribution in [2.75, 3.05) is 29.9 Å². The zero-order valence-electron chi connectivity index (χ0n) is 22.1. The Morgan fingerprint density at radius 3 is 2.42 bits per heavy atom. The number of aryl methyl sites for hydroxylation is 1. The average Bonchev–Trinajstić information content (AvgIpc) is 3.59. The van der Waals surface area contributed by atoms with E-state index in [2.05, 4.69) is 28.9 Å². The molecule has 1 aliphatic rings. The van der Waals surface area contributed by atoms with Gasteiger partial charge < -0.3 is 9.80 Å². The minimum atomic E-state index is -0.336. The highest BCUT2D eigenvalue weighted by Crippen LogP contribution is 2.37. The summed E-state index contributed by atoms with van der Waals surface area (Å²) in [6.45, 7) is 3.47. The Morgan fingerprint density at radius 1 is 1.02 bits per heavy atom. The van der Waals surface area contributed by atoms with Crippen LogP contribution in [-0.2, 0) is 11.2 Å². The normalized spacial score (nSPS) is 13.6. The Kier molecular flexibility index (Phi) is 6.74. The van der Waals surface area contributed by atoms with Gasteiger partial charge in [0.1, 0.15) is 45.5 Å². The van der Waals surface area contributed by atoms with E-state index in [4.69, 9.17) is 9.97 Å². The van der Waals surface area contributed by atoms with Crippen molar-refractivity contribution in [1.82, 2.24) is 19.4 Å². The molecule has 5 aromatic rings. The van der Waals surface area contributed by atoms with E-state index < -0.39 is 0 Å². The molecule has 0 amide bonds. The summed E-state index contributed by atoms with van der Waals surface area (Å²) in [5.41, 5.74) is 4.89. The van der Waals surface area contributed by atoms with Crippen molar-refractivity contribution >= 4 is 39.5 Å². The molecule has 0 saturated carbocycles. The number of Topliss-reactive ketones (excluding diaryl/α,β-unsaturated/α-hetero) is 1. The molecule has 5 heterocycles. The molecule has 0 atom stereocenters. The number of hydrogen-bond donors (Lipinski definition) is 0. The lowest BCUT2D eigenvalue weighted by Gasteiger charge is -2.27. The van der Waals surface area contributed by atoms with Gasteiger partial charge in [-0.1, -0.05) is 18.3 Å². The SMILES string of the molecule is CCc1nc2ccc(-c3ccc(N4CCC(=O)CC4)nc3)cn2c1N(C)c1nc(-c2ccc(F)cc2)c(C#N)s1. The average molecular weight is 552 g/mol. The standard InChI is InChI=1S/C30H26FN7OS/c1-3-24-29(36(2)30-35-28(25(16-32)40-30)19-4-8-22(31)9-5-19)38-18-21(7-11-27(38)34-24)20-6-10-26(33-17-20)37-14-12-23(39)13-15-37/h4-11,17-18H,3,12-15H2,1-2H3. The summed E-state index contributed by atoms with van der Waals surface area (Å²) in [4.78, 5) is 30.5. The molecule has 4 aromatic heterocycles. The Labute approximate surface area is 235 Å². The van der Waals surface area contributed by atoms with Gasteiger partial charge in [-0.25, -0.2) is 19.3 Å². The van der Waals surface area contributed by atoms with Crippen LogP contribution in [0.1, 0.15) is 30.3 Å². The molecule has 1 saturated heterocycles. The minimum Gasteiger partial charge on any atom is -0.356 e. The molecular weight excluding hydrogens is 525 g/mol. The van der Waals surface area contributed by atoms with Crippen molar-refractivity contribution in [2.45, 2.75) is 26.2 Å². The van der Waals surface area contributed by atoms with Gasteiger partial charge in [-0.05, 0) is 55.0 Å². The summed E-state index contributed by atoms with van der Waals surface area (Å²) in [5, 5.41) is 10.4. The summed E-state index contributed by atoms with van der Waals surface area (Å²) < 4.78 is 15.5. The Bertz CT molecular complexity index is 1740. The number of anilines is 3. The highest BCUT2D eigenvalue weighted by atomic mass is 32.1. The lowest BCUT2D eigenvalue weighted by molar-refractivity contribution is -0.119. The first-order valence-corrected chi connectivity index (χ1v) is 13.9. The van der Waals surface area contributed by atoms with Gasteiger partial charge in [-0.15, -0.1) is 0 Å². The number of benzene rings is 1. The number of ketones is 1. The van der Waals surface area contributed by atoms with Crippen molar-refractivity contribution < 1.29 is 9.18 Å². The number of aromatic nitrogens is 4. The summed E-state index contributed by atoms with van der Waals surface area (Å²) in [6.07, 6.45) is 5.76. The maximum absolute atomic E-state index is 13.5. The number of nitrogens with zero attached hydrogens (tertiary/aromatic N) is 7. The number of thiazole rings is 1. The number of carbonyl (C=O) groups excluding carboxylic acids is 1. The van der Waals surface area contributed by atoms with Crippen molar-refractivity contribution in [3.05, 3.63) is 77.3 Å². The minimum absolute atomic E-state index is 0.307. The highest BCUT2D eigenvalue weighted by molar-refractivity contribution is 7.16. The lowest BCUT2D eigenvalue weighted by atomic mass is 10.1. The molecule has 40 heavy (non-hydrogen) atoms. The fourth-order valence-electron chi connectivity index (χ4n) is 5.00. The van der Waals surface area contributed by atoms with E-state index in [1.165, 1.54) is 23.5 Å². The highest BCUT2D eigenvalue weighted by Gasteiger charge is 2.22. The molecule has 0 aliphatic carbocycles. The first kappa shape index (κ1) is 25.6. The van der Waals surface area contributed by atoms with Crippen LogP contribution in [0, 0.1) is 17.1 Å². The van der Waals surface area contributed by atoms with Crippen LogP contribution < -0.4 is 9.80 Å². The van der Waals surface area contributed by atoms with E-state index in [-0.39, 0.29) is 5.82 Å². The second-order valence-corrected chi connectivity index (χ2v) is 10.6. The number of pyridine rings is 2. The van der Waals surface area contributed by atoms with Crippen molar-refractivity contribution in [3.63, 3.8) is 0 Å². The maximum Gasteiger partial charge on any atom is 0.192 e. The maximum atomic E-state index is 13.5. The number of hydrogen-bond acceptors (Lipinski definition) is 8. The monoisotopic (exact) mass is 551 g/mol. The molecule has 0 N–H and O–H groups in total. The van der Waals surface area contributed by atoms with Crippen molar-refractivity contribution in [2.24, 2.45) is 0 Å². The molecule has 200 valence electrons. The number of rotatable bonds is 6. The fourth-order valence-corrected chi connectivity index (χ4v) is 5.84. The summed E-state index contributed by atoms with van der Waals surface area (Å²) >= 11 is 1.29. The van der Waals surface area contributed by atoms with Crippen LogP contribution >= 0.6 is 11.3 Å². The molecular formula is C30H26FN7OS. The van der Waals surface area contributed by atoms with Gasteiger partial charge in [0.2, 0.25) is 0 Å². The molecule has 0 unspecified atom stereocenters. The molecule has 0 bridgehead atoms. The zero-order chi connectivity index (χ0) is 27.8. The largest absolute Gasteiger partial charge is 0.356 e. The second kappa shape index (κ2) is 10.5. The first-order valence-electron chi connectivity index (χ1n) is 13.1. The number of piperidine rings is 1. The molecule has 6 rings (SSSR count). The van der Waals surface area contributed by atoms with Crippen LogP contribution in [0.2, 0.25) is 0 Å². The predicted molar refractivity (Wildman–Crippen MR) is 155 cm³/mol. The third-order valence-electron chi connectivity index (χ3n) is 7.16. The Balaban J connectivity index is 1.35. The van der Waals surface area contributed by atoms with E-state index in [1.54, 1.807) is 12.1 Å². The number of carbonyl (C=O) groups is 1. The third kappa shape index (κ3) is 4.69. The quantitative estimate of drug-likeness (QED) is 0.254. The summed E-state index contributed by atoms with van der Waals surface area (Å²) in [6, 6.07) is 16.3.